The number of ether oxygens (including phenoxy) is 2. The molecule has 6 nitrogen and oxygen atoms in total. The smallest absolute Gasteiger partial charge is 0.276 e. The number of carbonyl (C=O) groups excluding carboxylic acids is 2. The van der Waals surface area contributed by atoms with Gasteiger partial charge < -0.3 is 9.47 Å². The number of hydrogen-bond acceptors (Lipinski definition) is 4. The summed E-state index contributed by atoms with van der Waals surface area (Å²) in [5.74, 6) is 0.115. The van der Waals surface area contributed by atoms with E-state index in [2.05, 4.69) is 17.8 Å². The van der Waals surface area contributed by atoms with Crippen LogP contribution in [0.5, 0.6) is 11.5 Å². The van der Waals surface area contributed by atoms with Crippen molar-refractivity contribution in [2.45, 2.75) is 20.3 Å². The summed E-state index contributed by atoms with van der Waals surface area (Å²) in [7, 11) is 1.48. The molecular weight excluding hydrogens is 320 g/mol. The first-order valence-electron chi connectivity index (χ1n) is 7.99. The van der Waals surface area contributed by atoms with E-state index >= 15 is 0 Å². The minimum Gasteiger partial charge on any atom is -0.496 e. The van der Waals surface area contributed by atoms with Crippen molar-refractivity contribution in [3.05, 3.63) is 59.2 Å². The van der Waals surface area contributed by atoms with E-state index in [1.54, 1.807) is 12.1 Å². The van der Waals surface area contributed by atoms with Gasteiger partial charge >= 0.3 is 0 Å². The highest BCUT2D eigenvalue weighted by molar-refractivity contribution is 5.98. The van der Waals surface area contributed by atoms with Crippen molar-refractivity contribution in [3.63, 3.8) is 0 Å². The number of carbonyl (C=O) groups is 2. The Morgan fingerprint density at radius 1 is 1.04 bits per heavy atom. The lowest BCUT2D eigenvalue weighted by molar-refractivity contribution is -0.123. The molecule has 0 bridgehead atoms. The molecule has 0 fully saturated rings. The topological polar surface area (TPSA) is 76.7 Å². The number of rotatable bonds is 6. The van der Waals surface area contributed by atoms with E-state index < -0.39 is 11.8 Å². The van der Waals surface area contributed by atoms with Crippen LogP contribution in [0.4, 0.5) is 0 Å². The molecule has 0 saturated carbocycles. The molecular formula is C19H22N2O4. The molecule has 0 saturated heterocycles. The zero-order valence-electron chi connectivity index (χ0n) is 14.6. The van der Waals surface area contributed by atoms with Crippen molar-refractivity contribution >= 4 is 11.8 Å². The van der Waals surface area contributed by atoms with Gasteiger partial charge in [0, 0.05) is 0 Å². The van der Waals surface area contributed by atoms with Gasteiger partial charge in [-0.25, -0.2) is 0 Å². The minimum atomic E-state index is -0.459. The van der Waals surface area contributed by atoms with E-state index in [1.807, 2.05) is 37.3 Å². The predicted octanol–water partition coefficient (Wildman–Crippen LogP) is 2.41. The lowest BCUT2D eigenvalue weighted by Crippen LogP contribution is -2.43. The molecule has 0 unspecified atom stereocenters. The molecule has 0 atom stereocenters. The van der Waals surface area contributed by atoms with Gasteiger partial charge in [-0.15, -0.1) is 0 Å². The van der Waals surface area contributed by atoms with E-state index in [0.29, 0.717) is 17.1 Å². The molecule has 0 aromatic heterocycles. The van der Waals surface area contributed by atoms with Crippen LogP contribution < -0.4 is 20.3 Å². The van der Waals surface area contributed by atoms with Gasteiger partial charge in [-0.3, -0.25) is 20.4 Å². The quantitative estimate of drug-likeness (QED) is 0.791. The van der Waals surface area contributed by atoms with E-state index in [1.165, 1.54) is 12.7 Å². The second-order valence-electron chi connectivity index (χ2n) is 5.49. The highest BCUT2D eigenvalue weighted by Crippen LogP contribution is 2.19. The summed E-state index contributed by atoms with van der Waals surface area (Å²) in [5.41, 5.74) is 7.13. The normalized spacial score (nSPS) is 10.0. The summed E-state index contributed by atoms with van der Waals surface area (Å²) in [6.45, 7) is 3.73. The summed E-state index contributed by atoms with van der Waals surface area (Å²) in [6, 6.07) is 12.7. The number of hydrazine groups is 1. The molecule has 2 aromatic carbocycles. The highest BCUT2D eigenvalue weighted by atomic mass is 16.5. The fraction of sp³-hybridized carbons (Fsp3) is 0.263. The van der Waals surface area contributed by atoms with Crippen LogP contribution in [0.3, 0.4) is 0 Å². The first-order valence-corrected chi connectivity index (χ1v) is 7.99. The number of methoxy groups -OCH3 is 1. The van der Waals surface area contributed by atoms with Gasteiger partial charge in [0.05, 0.1) is 12.7 Å². The van der Waals surface area contributed by atoms with Crippen LogP contribution in [0.15, 0.2) is 42.5 Å². The van der Waals surface area contributed by atoms with E-state index in [4.69, 9.17) is 9.47 Å². The zero-order chi connectivity index (χ0) is 18.2. The molecule has 2 amide bonds. The Hall–Kier alpha value is -3.02. The lowest BCUT2D eigenvalue weighted by atomic mass is 10.1. The Morgan fingerprint density at radius 2 is 1.76 bits per heavy atom. The number of aryl methyl sites for hydroxylation is 2. The average molecular weight is 342 g/mol. The Morgan fingerprint density at radius 3 is 2.40 bits per heavy atom. The summed E-state index contributed by atoms with van der Waals surface area (Å²) in [4.78, 5) is 24.0. The van der Waals surface area contributed by atoms with E-state index in [-0.39, 0.29) is 6.61 Å². The molecule has 0 spiro atoms. The van der Waals surface area contributed by atoms with Crippen molar-refractivity contribution in [2.75, 3.05) is 13.7 Å². The highest BCUT2D eigenvalue weighted by Gasteiger charge is 2.13. The Labute approximate surface area is 147 Å². The monoisotopic (exact) mass is 342 g/mol. The zero-order valence-corrected chi connectivity index (χ0v) is 14.6. The summed E-state index contributed by atoms with van der Waals surface area (Å²) in [6.07, 6.45) is 0.940. The van der Waals surface area contributed by atoms with Crippen LogP contribution in [0.2, 0.25) is 0 Å². The maximum absolute atomic E-state index is 12.2. The van der Waals surface area contributed by atoms with Gasteiger partial charge in [-0.1, -0.05) is 30.7 Å². The molecule has 0 aliphatic rings. The van der Waals surface area contributed by atoms with Crippen LogP contribution in [0, 0.1) is 6.92 Å². The van der Waals surface area contributed by atoms with Crippen molar-refractivity contribution in [2.24, 2.45) is 0 Å². The van der Waals surface area contributed by atoms with Gasteiger partial charge in [0.2, 0.25) is 0 Å². The molecule has 25 heavy (non-hydrogen) atoms. The predicted molar refractivity (Wildman–Crippen MR) is 94.7 cm³/mol. The van der Waals surface area contributed by atoms with Crippen molar-refractivity contribution in [1.29, 1.82) is 0 Å². The average Bonchev–Trinajstić information content (AvgIpc) is 2.64. The molecule has 0 heterocycles. The van der Waals surface area contributed by atoms with Crippen LogP contribution in [0.1, 0.15) is 28.4 Å². The minimum absolute atomic E-state index is 0.198. The van der Waals surface area contributed by atoms with Crippen LogP contribution in [-0.2, 0) is 11.2 Å². The Kier molecular flexibility index (Phi) is 6.39. The van der Waals surface area contributed by atoms with Gasteiger partial charge in [0.15, 0.2) is 6.61 Å². The number of hydrogen-bond donors (Lipinski definition) is 2. The van der Waals surface area contributed by atoms with E-state index in [9.17, 15) is 9.59 Å². The third kappa shape index (κ3) is 5.24. The fourth-order valence-electron chi connectivity index (χ4n) is 2.20. The molecule has 132 valence electrons. The maximum atomic E-state index is 12.2. The number of benzene rings is 2. The lowest BCUT2D eigenvalue weighted by Gasteiger charge is -2.11. The van der Waals surface area contributed by atoms with Crippen LogP contribution >= 0.6 is 0 Å². The molecule has 6 heteroatoms. The van der Waals surface area contributed by atoms with Gasteiger partial charge in [0.25, 0.3) is 11.8 Å². The van der Waals surface area contributed by atoms with Crippen molar-refractivity contribution < 1.29 is 19.1 Å². The molecule has 2 aromatic rings. The fourth-order valence-corrected chi connectivity index (χ4v) is 2.20. The van der Waals surface area contributed by atoms with Gasteiger partial charge in [-0.05, 0) is 43.2 Å². The first-order chi connectivity index (χ1) is 12.0. The SMILES string of the molecule is CCc1ccc(OCC(=O)NNC(=O)c2cc(C)ccc2OC)cc1. The summed E-state index contributed by atoms with van der Waals surface area (Å²) >= 11 is 0. The van der Waals surface area contributed by atoms with Gasteiger partial charge in [0.1, 0.15) is 11.5 Å². The third-order valence-corrected chi connectivity index (χ3v) is 3.62. The number of nitrogens with one attached hydrogen (secondary N) is 2. The summed E-state index contributed by atoms with van der Waals surface area (Å²) < 4.78 is 10.5. The second-order valence-corrected chi connectivity index (χ2v) is 5.49. The van der Waals surface area contributed by atoms with E-state index in [0.717, 1.165) is 12.0 Å². The Bertz CT molecular complexity index is 742. The standard InChI is InChI=1S/C19H22N2O4/c1-4-14-6-8-15(9-7-14)25-12-18(22)20-21-19(23)16-11-13(2)5-10-17(16)24-3/h5-11H,4,12H2,1-3H3,(H,20,22)(H,21,23). The van der Waals surface area contributed by atoms with Crippen molar-refractivity contribution in [1.82, 2.24) is 10.9 Å². The second kappa shape index (κ2) is 8.73. The molecule has 0 radical (unpaired) electrons. The first kappa shape index (κ1) is 18.3. The van der Waals surface area contributed by atoms with Crippen LogP contribution in [0.25, 0.3) is 0 Å². The molecule has 0 aliphatic heterocycles. The number of amides is 2. The largest absolute Gasteiger partial charge is 0.496 e. The van der Waals surface area contributed by atoms with Crippen LogP contribution in [-0.4, -0.2) is 25.5 Å². The summed E-state index contributed by atoms with van der Waals surface area (Å²) in [5, 5.41) is 0. The van der Waals surface area contributed by atoms with Gasteiger partial charge in [-0.2, -0.15) is 0 Å². The molecule has 0 aliphatic carbocycles. The van der Waals surface area contributed by atoms with Crippen molar-refractivity contribution in [3.8, 4) is 11.5 Å². The molecule has 2 rings (SSSR count). The third-order valence-electron chi connectivity index (χ3n) is 3.62. The maximum Gasteiger partial charge on any atom is 0.276 e. The molecule has 2 N–H and O–H groups in total. The Balaban J connectivity index is 1.85.